The van der Waals surface area contributed by atoms with E-state index in [2.05, 4.69) is 17.6 Å². The van der Waals surface area contributed by atoms with Crippen LogP contribution in [0, 0.1) is 11.6 Å². The van der Waals surface area contributed by atoms with Gasteiger partial charge in [0.2, 0.25) is 11.8 Å². The number of halogens is 5. The monoisotopic (exact) mass is 945 g/mol. The first-order valence-electron chi connectivity index (χ1n) is 24.4. The Labute approximate surface area is 388 Å². The standard InChI is InChI=1S/C50H77F5N2O9/c1-2-3-4-5-6-7-8-9-10-14-17-20-23-41(58)45(61)40(57-43(59)24-21-18-15-12-11-13-16-19-22-35-27-30-38(51)39(52)31-35)34-65-49-48(64)47(63)46(62)42(66-49)33-56-44(60)32-36-25-28-37(29-26-36)50(53,54)55/h25-31,40-42,45-49,58,61-64H,2-24,32-34H2,1H3,(H,56,60)(H,57,59)/t40-,41+,42?,45-,46-,47-,48?,49-/m0/s1. The largest absolute Gasteiger partial charge is 0.416 e. The van der Waals surface area contributed by atoms with Gasteiger partial charge in [0.05, 0.1) is 30.7 Å². The Kier molecular flexibility index (Phi) is 27.4. The van der Waals surface area contributed by atoms with Gasteiger partial charge in [0.25, 0.3) is 0 Å². The molecule has 7 N–H and O–H groups in total. The van der Waals surface area contributed by atoms with Gasteiger partial charge in [-0.2, -0.15) is 13.2 Å². The van der Waals surface area contributed by atoms with E-state index in [1.165, 1.54) is 63.1 Å². The van der Waals surface area contributed by atoms with Crippen molar-refractivity contribution in [1.82, 2.24) is 10.6 Å². The van der Waals surface area contributed by atoms with Crippen molar-refractivity contribution in [2.45, 2.75) is 216 Å². The molecule has 1 fully saturated rings. The summed E-state index contributed by atoms with van der Waals surface area (Å²) in [6.07, 6.45) is 6.26. The molecular formula is C50H77F5N2O9. The van der Waals surface area contributed by atoms with Crippen LogP contribution in [0.4, 0.5) is 22.0 Å². The van der Waals surface area contributed by atoms with E-state index < -0.39 is 84.8 Å². The number of aliphatic hydroxyl groups excluding tert-OH is 5. The number of ether oxygens (including phenoxy) is 2. The normalized spacial score (nSPS) is 20.2. The lowest BCUT2D eigenvalue weighted by Gasteiger charge is -2.41. The summed E-state index contributed by atoms with van der Waals surface area (Å²) in [7, 11) is 0. The molecule has 66 heavy (non-hydrogen) atoms. The zero-order valence-electron chi connectivity index (χ0n) is 38.8. The minimum absolute atomic E-state index is 0.147. The third kappa shape index (κ3) is 22.2. The molecule has 0 radical (unpaired) electrons. The van der Waals surface area contributed by atoms with Crippen LogP contribution in [-0.4, -0.2) is 99.5 Å². The van der Waals surface area contributed by atoms with Crippen LogP contribution in [0.1, 0.15) is 165 Å². The molecule has 3 rings (SSSR count). The number of aryl methyl sites for hydroxylation is 1. The number of aliphatic hydroxyl groups is 5. The molecule has 0 saturated carbocycles. The lowest BCUT2D eigenvalue weighted by molar-refractivity contribution is -0.297. The lowest BCUT2D eigenvalue weighted by atomic mass is 9.98. The fraction of sp³-hybridized carbons (Fsp3) is 0.720. The molecule has 1 heterocycles. The summed E-state index contributed by atoms with van der Waals surface area (Å²) in [5.74, 6) is -2.68. The molecule has 2 aromatic carbocycles. The molecular weight excluding hydrogens is 868 g/mol. The summed E-state index contributed by atoms with van der Waals surface area (Å²) < 4.78 is 77.0. The average molecular weight is 945 g/mol. The van der Waals surface area contributed by atoms with Gasteiger partial charge in [-0.15, -0.1) is 0 Å². The molecule has 1 saturated heterocycles. The fourth-order valence-electron chi connectivity index (χ4n) is 8.20. The summed E-state index contributed by atoms with van der Waals surface area (Å²) in [5.41, 5.74) is 0.215. The second-order valence-electron chi connectivity index (χ2n) is 18.0. The molecule has 2 aromatic rings. The van der Waals surface area contributed by atoms with Gasteiger partial charge in [-0.1, -0.05) is 141 Å². The van der Waals surface area contributed by atoms with Crippen LogP contribution in [0.3, 0.4) is 0 Å². The van der Waals surface area contributed by atoms with Crippen molar-refractivity contribution < 1.29 is 66.5 Å². The SMILES string of the molecule is CCCCCCCCCCCCCC[C@@H](O)[C@@H](O)[C@H](CO[C@H]1OC(CNC(=O)Cc2ccc(C(F)(F)F)cc2)[C@H](O)[C@H](O)C1O)NC(=O)CCCCCCCCCCc1ccc(F)c(F)c1. The van der Waals surface area contributed by atoms with E-state index in [0.29, 0.717) is 24.8 Å². The summed E-state index contributed by atoms with van der Waals surface area (Å²) in [5, 5.41) is 59.7. The highest BCUT2D eigenvalue weighted by Crippen LogP contribution is 2.29. The minimum atomic E-state index is -4.53. The van der Waals surface area contributed by atoms with E-state index in [1.54, 1.807) is 6.07 Å². The topological polar surface area (TPSA) is 178 Å². The van der Waals surface area contributed by atoms with E-state index in [4.69, 9.17) is 9.47 Å². The van der Waals surface area contributed by atoms with Crippen molar-refractivity contribution in [3.63, 3.8) is 0 Å². The Balaban J connectivity index is 1.47. The van der Waals surface area contributed by atoms with E-state index in [1.807, 2.05) is 0 Å². The van der Waals surface area contributed by atoms with E-state index in [9.17, 15) is 57.1 Å². The van der Waals surface area contributed by atoms with E-state index in [0.717, 1.165) is 94.4 Å². The fourth-order valence-corrected chi connectivity index (χ4v) is 8.20. The van der Waals surface area contributed by atoms with Crippen LogP contribution in [0.25, 0.3) is 0 Å². The highest BCUT2D eigenvalue weighted by atomic mass is 19.4. The second kappa shape index (κ2) is 31.7. The number of benzene rings is 2. The van der Waals surface area contributed by atoms with Crippen molar-refractivity contribution in [3.8, 4) is 0 Å². The Morgan fingerprint density at radius 2 is 1.23 bits per heavy atom. The number of hydrogen-bond donors (Lipinski definition) is 7. The van der Waals surface area contributed by atoms with Gasteiger partial charge in [-0.25, -0.2) is 8.78 Å². The van der Waals surface area contributed by atoms with Crippen molar-refractivity contribution in [2.24, 2.45) is 0 Å². The first-order chi connectivity index (χ1) is 31.6. The van der Waals surface area contributed by atoms with Crippen LogP contribution >= 0.6 is 0 Å². The Hall–Kier alpha value is -3.25. The second-order valence-corrected chi connectivity index (χ2v) is 18.0. The maximum atomic E-state index is 13.4. The first kappa shape index (κ1) is 57.1. The van der Waals surface area contributed by atoms with Crippen LogP contribution in [0.2, 0.25) is 0 Å². The van der Waals surface area contributed by atoms with Crippen LogP contribution in [-0.2, 0) is 38.1 Å². The van der Waals surface area contributed by atoms with Crippen molar-refractivity contribution in [1.29, 1.82) is 0 Å². The minimum Gasteiger partial charge on any atom is -0.390 e. The van der Waals surface area contributed by atoms with Gasteiger partial charge in [-0.3, -0.25) is 9.59 Å². The molecule has 16 heteroatoms. The summed E-state index contributed by atoms with van der Waals surface area (Å²) >= 11 is 0. The zero-order valence-corrected chi connectivity index (χ0v) is 38.8. The van der Waals surface area contributed by atoms with Gasteiger partial charge in [0.1, 0.15) is 30.5 Å². The summed E-state index contributed by atoms with van der Waals surface area (Å²) in [4.78, 5) is 25.8. The number of carbonyl (C=O) groups excluding carboxylic acids is 2. The predicted molar refractivity (Wildman–Crippen MR) is 242 cm³/mol. The number of carbonyl (C=O) groups is 2. The average Bonchev–Trinajstić information content (AvgIpc) is 3.28. The molecule has 2 unspecified atom stereocenters. The molecule has 0 bridgehead atoms. The zero-order chi connectivity index (χ0) is 48.3. The van der Waals surface area contributed by atoms with Gasteiger partial charge in [0.15, 0.2) is 17.9 Å². The maximum Gasteiger partial charge on any atom is 0.416 e. The highest BCUT2D eigenvalue weighted by Gasteiger charge is 2.45. The number of alkyl halides is 3. The van der Waals surface area contributed by atoms with Crippen LogP contribution in [0.15, 0.2) is 42.5 Å². The molecule has 2 amide bonds. The number of rotatable bonds is 34. The number of hydrogen-bond acceptors (Lipinski definition) is 9. The van der Waals surface area contributed by atoms with Gasteiger partial charge < -0.3 is 45.6 Å². The summed E-state index contributed by atoms with van der Waals surface area (Å²) in [6, 6.07) is 6.91. The number of amides is 2. The van der Waals surface area contributed by atoms with Gasteiger partial charge in [0, 0.05) is 13.0 Å². The Morgan fingerprint density at radius 3 is 1.80 bits per heavy atom. The highest BCUT2D eigenvalue weighted by molar-refractivity contribution is 5.78. The first-order valence-corrected chi connectivity index (χ1v) is 24.4. The Morgan fingerprint density at radius 1 is 0.682 bits per heavy atom. The van der Waals surface area contributed by atoms with E-state index >= 15 is 0 Å². The molecule has 0 aromatic heterocycles. The molecule has 1 aliphatic rings. The number of nitrogens with one attached hydrogen (secondary N) is 2. The lowest BCUT2D eigenvalue weighted by Crippen LogP contribution is -2.61. The van der Waals surface area contributed by atoms with Crippen molar-refractivity contribution >= 4 is 11.8 Å². The molecule has 1 aliphatic heterocycles. The van der Waals surface area contributed by atoms with Crippen molar-refractivity contribution in [2.75, 3.05) is 13.2 Å². The molecule has 0 aliphatic carbocycles. The summed E-state index contributed by atoms with van der Waals surface area (Å²) in [6.45, 7) is 1.40. The van der Waals surface area contributed by atoms with Gasteiger partial charge in [-0.05, 0) is 61.1 Å². The third-order valence-electron chi connectivity index (χ3n) is 12.4. The molecule has 11 nitrogen and oxygen atoms in total. The van der Waals surface area contributed by atoms with Crippen molar-refractivity contribution in [3.05, 3.63) is 70.8 Å². The maximum absolute atomic E-state index is 13.4. The smallest absolute Gasteiger partial charge is 0.390 e. The molecule has 8 atom stereocenters. The van der Waals surface area contributed by atoms with Crippen LogP contribution in [0.5, 0.6) is 0 Å². The Bertz CT molecular complexity index is 1640. The molecule has 376 valence electrons. The predicted octanol–water partition coefficient (Wildman–Crippen LogP) is 8.52. The van der Waals surface area contributed by atoms with E-state index in [-0.39, 0.29) is 31.7 Å². The third-order valence-corrected chi connectivity index (χ3v) is 12.4. The number of unbranched alkanes of at least 4 members (excludes halogenated alkanes) is 18. The molecule has 0 spiro atoms. The van der Waals surface area contributed by atoms with Gasteiger partial charge >= 0.3 is 6.18 Å². The van der Waals surface area contributed by atoms with Crippen LogP contribution < -0.4 is 10.6 Å². The quantitative estimate of drug-likeness (QED) is 0.0268.